The molecule has 1 aliphatic rings. The first-order valence-electron chi connectivity index (χ1n) is 4.82. The maximum atomic E-state index is 11.9. The topological polar surface area (TPSA) is 100 Å². The van der Waals surface area contributed by atoms with Crippen LogP contribution in [0.5, 0.6) is 0 Å². The first-order valence-corrected chi connectivity index (χ1v) is 5.79. The molecule has 2 rings (SSSR count). The first-order chi connectivity index (χ1) is 8.06. The number of nitrogens with two attached hydrogens (primary N) is 1. The smallest absolute Gasteiger partial charge is 0.273 e. The van der Waals surface area contributed by atoms with Gasteiger partial charge in [-0.2, -0.15) is 18.2 Å². The Morgan fingerprint density at radius 1 is 1.71 bits per heavy atom. The van der Waals surface area contributed by atoms with Gasteiger partial charge in [0, 0.05) is 19.2 Å². The Labute approximate surface area is 111 Å². The predicted octanol–water partition coefficient (Wildman–Crippen LogP) is -0.104. The normalized spacial score (nSPS) is 15.7. The van der Waals surface area contributed by atoms with Gasteiger partial charge in [0.05, 0.1) is 22.9 Å². The molecule has 1 aliphatic heterocycles. The van der Waals surface area contributed by atoms with Crippen LogP contribution in [0.1, 0.15) is 21.7 Å². The number of carbonyl (C=O) groups excluding carboxylic acids is 1. The van der Waals surface area contributed by atoms with Crippen molar-refractivity contribution in [2.24, 2.45) is 10.7 Å². The molecule has 0 saturated carbocycles. The van der Waals surface area contributed by atoms with Crippen molar-refractivity contribution in [2.45, 2.75) is 6.42 Å². The van der Waals surface area contributed by atoms with Crippen molar-refractivity contribution in [1.29, 1.82) is 5.26 Å². The molecule has 2 heterocycles. The fourth-order valence-corrected chi connectivity index (χ4v) is 2.45. The molecule has 1 aromatic heterocycles. The van der Waals surface area contributed by atoms with Gasteiger partial charge in [-0.25, -0.2) is 0 Å². The summed E-state index contributed by atoms with van der Waals surface area (Å²) in [6.07, 6.45) is 2.28. The Hall–Kier alpha value is -1.63. The number of carbonyl (C=O) groups is 1. The third-order valence-electron chi connectivity index (χ3n) is 2.60. The van der Waals surface area contributed by atoms with Crippen LogP contribution in [-0.2, 0) is 6.42 Å². The Balaban J connectivity index is 2.58. The Morgan fingerprint density at radius 3 is 3.06 bits per heavy atom. The van der Waals surface area contributed by atoms with E-state index in [-0.39, 0.29) is 11.7 Å². The number of fused-ring (bicyclic) bond motifs is 1. The van der Waals surface area contributed by atoms with Gasteiger partial charge in [-0.3, -0.25) is 4.79 Å². The molecule has 0 unspecified atom stereocenters. The molecule has 8 heteroatoms. The highest BCUT2D eigenvalue weighted by molar-refractivity contribution is 14.1. The molecule has 0 bridgehead atoms. The maximum Gasteiger partial charge on any atom is 0.273 e. The van der Waals surface area contributed by atoms with E-state index in [1.807, 2.05) is 22.9 Å². The second-order valence-corrected chi connectivity index (χ2v) is 4.52. The molecule has 0 aliphatic carbocycles. The van der Waals surface area contributed by atoms with Crippen molar-refractivity contribution in [2.75, 3.05) is 13.6 Å². The Bertz CT molecular complexity index is 555. The molecule has 0 aromatic carbocycles. The summed E-state index contributed by atoms with van der Waals surface area (Å²) in [7, 11) is 1.74. The monoisotopic (exact) mass is 344 g/mol. The number of hydrogen-bond acceptors (Lipinski definition) is 4. The van der Waals surface area contributed by atoms with Crippen LogP contribution in [0, 0.1) is 11.5 Å². The predicted molar refractivity (Wildman–Crippen MR) is 68.6 cm³/mol. The van der Waals surface area contributed by atoms with Crippen molar-refractivity contribution in [1.82, 2.24) is 12.9 Å². The number of aliphatic imine (C=N–C) groups is 1. The molecule has 88 valence electrons. The molecule has 0 saturated heterocycles. The number of halogens is 1. The number of aromatic nitrogens is 2. The Morgan fingerprint density at radius 2 is 2.41 bits per heavy atom. The van der Waals surface area contributed by atoms with Crippen molar-refractivity contribution < 1.29 is 4.79 Å². The van der Waals surface area contributed by atoms with Gasteiger partial charge in [0.2, 0.25) is 6.19 Å². The number of nitrogens with zero attached hydrogens (tertiary/aromatic N) is 5. The molecule has 1 amide bonds. The van der Waals surface area contributed by atoms with E-state index in [4.69, 9.17) is 11.0 Å². The molecule has 7 nitrogen and oxygen atoms in total. The van der Waals surface area contributed by atoms with Gasteiger partial charge in [0.1, 0.15) is 11.4 Å². The molecule has 0 atom stereocenters. The number of rotatable bonds is 1. The lowest BCUT2D eigenvalue weighted by atomic mass is 10.0. The zero-order valence-electron chi connectivity index (χ0n) is 9.01. The fourth-order valence-electron chi connectivity index (χ4n) is 1.74. The number of amides is 1. The van der Waals surface area contributed by atoms with Gasteiger partial charge in [0.15, 0.2) is 5.84 Å². The summed E-state index contributed by atoms with van der Waals surface area (Å²) < 4.78 is 1.46. The third-order valence-corrected chi connectivity index (χ3v) is 3.30. The SMILES string of the molecule is CN1CCc2c(C(N)=NC#N)nn(I)c2C1=O. The summed E-state index contributed by atoms with van der Waals surface area (Å²) in [4.78, 5) is 17.0. The molecular weight excluding hydrogens is 335 g/mol. The van der Waals surface area contributed by atoms with Crippen LogP contribution in [0.15, 0.2) is 4.99 Å². The van der Waals surface area contributed by atoms with E-state index < -0.39 is 0 Å². The minimum Gasteiger partial charge on any atom is -0.381 e. The summed E-state index contributed by atoms with van der Waals surface area (Å²) in [5.41, 5.74) is 7.34. The lowest BCUT2D eigenvalue weighted by Gasteiger charge is -2.22. The molecule has 0 radical (unpaired) electrons. The van der Waals surface area contributed by atoms with Crippen molar-refractivity contribution in [3.63, 3.8) is 0 Å². The van der Waals surface area contributed by atoms with Gasteiger partial charge >= 0.3 is 0 Å². The van der Waals surface area contributed by atoms with Crippen LogP contribution in [-0.4, -0.2) is 38.2 Å². The number of hydrogen-bond donors (Lipinski definition) is 1. The van der Waals surface area contributed by atoms with Crippen LogP contribution < -0.4 is 5.73 Å². The van der Waals surface area contributed by atoms with Gasteiger partial charge in [-0.05, 0) is 6.42 Å². The zero-order valence-corrected chi connectivity index (χ0v) is 11.2. The van der Waals surface area contributed by atoms with Crippen molar-refractivity contribution in [3.05, 3.63) is 17.0 Å². The summed E-state index contributed by atoms with van der Waals surface area (Å²) in [5.74, 6) is -0.0410. The van der Waals surface area contributed by atoms with Crippen molar-refractivity contribution >= 4 is 34.6 Å². The van der Waals surface area contributed by atoms with Crippen molar-refractivity contribution in [3.8, 4) is 6.19 Å². The highest BCUT2D eigenvalue weighted by Crippen LogP contribution is 2.23. The van der Waals surface area contributed by atoms with Gasteiger partial charge < -0.3 is 10.6 Å². The van der Waals surface area contributed by atoms with Crippen LogP contribution in [0.3, 0.4) is 0 Å². The van der Waals surface area contributed by atoms with E-state index in [9.17, 15) is 4.79 Å². The third kappa shape index (κ3) is 1.86. The second-order valence-electron chi connectivity index (χ2n) is 3.61. The average Bonchev–Trinajstić information content (AvgIpc) is 2.62. The molecule has 0 fully saturated rings. The summed E-state index contributed by atoms with van der Waals surface area (Å²) in [6.45, 7) is 0.612. The molecule has 2 N–H and O–H groups in total. The van der Waals surface area contributed by atoms with E-state index >= 15 is 0 Å². The summed E-state index contributed by atoms with van der Waals surface area (Å²) >= 11 is 1.92. The number of nitriles is 1. The molecule has 1 aromatic rings. The van der Waals surface area contributed by atoms with Crippen LogP contribution in [0.2, 0.25) is 0 Å². The summed E-state index contributed by atoms with van der Waals surface area (Å²) in [5, 5.41) is 12.6. The Kier molecular flexibility index (Phi) is 3.01. The lowest BCUT2D eigenvalue weighted by molar-refractivity contribution is 0.0774. The van der Waals surface area contributed by atoms with Gasteiger partial charge in [-0.15, -0.1) is 0 Å². The number of likely N-dealkylation sites (N-methyl/N-ethyl adjacent to an activating group) is 1. The average molecular weight is 344 g/mol. The van der Waals surface area contributed by atoms with E-state index in [0.717, 1.165) is 5.56 Å². The first kappa shape index (κ1) is 11.8. The van der Waals surface area contributed by atoms with E-state index in [1.54, 1.807) is 18.1 Å². The van der Waals surface area contributed by atoms with Gasteiger partial charge in [0.25, 0.3) is 5.91 Å². The molecule has 17 heavy (non-hydrogen) atoms. The highest BCUT2D eigenvalue weighted by atomic mass is 127. The van der Waals surface area contributed by atoms with Crippen LogP contribution in [0.4, 0.5) is 0 Å². The largest absolute Gasteiger partial charge is 0.381 e. The highest BCUT2D eigenvalue weighted by Gasteiger charge is 2.30. The van der Waals surface area contributed by atoms with E-state index in [1.165, 1.54) is 2.90 Å². The quantitative estimate of drug-likeness (QED) is 0.333. The minimum atomic E-state index is -0.0934. The van der Waals surface area contributed by atoms with Gasteiger partial charge in [-0.1, -0.05) is 0 Å². The summed E-state index contributed by atoms with van der Waals surface area (Å²) in [6, 6.07) is 0. The van der Waals surface area contributed by atoms with E-state index in [0.29, 0.717) is 24.4 Å². The maximum absolute atomic E-state index is 11.9. The minimum absolute atomic E-state index is 0.0523. The zero-order chi connectivity index (χ0) is 12.6. The van der Waals surface area contributed by atoms with E-state index in [2.05, 4.69) is 10.1 Å². The standard InChI is InChI=1S/C9H9IN6O/c1-15-3-2-5-6(8(12)13-4-11)14-16(10)7(5)9(15)17/h2-3H2,1H3,(H2,12,13). The lowest BCUT2D eigenvalue weighted by Crippen LogP contribution is -2.35. The second kappa shape index (κ2) is 4.33. The molecule has 0 spiro atoms. The van der Waals surface area contributed by atoms with Crippen LogP contribution >= 0.6 is 22.9 Å². The fraction of sp³-hybridized carbons (Fsp3) is 0.333. The molecular formula is C9H9IN6O. The van der Waals surface area contributed by atoms with Crippen LogP contribution in [0.25, 0.3) is 0 Å². The number of amidine groups is 1.